The number of ether oxygens (including phenoxy) is 1. The highest BCUT2D eigenvalue weighted by molar-refractivity contribution is 5.87. The Bertz CT molecular complexity index is 665. The van der Waals surface area contributed by atoms with Gasteiger partial charge in [-0.3, -0.25) is 9.59 Å². The molecule has 3 N–H and O–H groups in total. The fraction of sp³-hybridized carbons (Fsp3) is 0.913. The molecule has 4 rings (SSSR count). The van der Waals surface area contributed by atoms with E-state index in [-0.39, 0.29) is 35.2 Å². The van der Waals surface area contributed by atoms with Crippen molar-refractivity contribution in [1.82, 2.24) is 0 Å². The molecule has 0 amide bonds. The van der Waals surface area contributed by atoms with Gasteiger partial charge < -0.3 is 15.6 Å². The summed E-state index contributed by atoms with van der Waals surface area (Å²) in [7, 11) is 0. The molecular weight excluding hydrogens is 354 g/mol. The van der Waals surface area contributed by atoms with Gasteiger partial charge >= 0.3 is 5.97 Å². The number of fused-ring (bicyclic) bond motifs is 5. The molecule has 4 aliphatic rings. The monoisotopic (exact) mass is 391 g/mol. The number of esters is 1. The molecule has 5 heteroatoms. The topological polar surface area (TPSA) is 89.6 Å². The average Bonchev–Trinajstić information content (AvgIpc) is 2.93. The highest BCUT2D eigenvalue weighted by Crippen LogP contribution is 2.67. The Kier molecular flexibility index (Phi) is 4.94. The molecule has 0 spiro atoms. The molecule has 0 aromatic carbocycles. The van der Waals surface area contributed by atoms with E-state index < -0.39 is 5.60 Å². The fourth-order valence-electron chi connectivity index (χ4n) is 7.87. The Morgan fingerprint density at radius 1 is 1.21 bits per heavy atom. The molecule has 1 unspecified atom stereocenters. The average molecular weight is 392 g/mol. The van der Waals surface area contributed by atoms with E-state index in [1.165, 1.54) is 0 Å². The Morgan fingerprint density at radius 2 is 1.96 bits per heavy atom. The van der Waals surface area contributed by atoms with Gasteiger partial charge in [-0.05, 0) is 67.6 Å². The summed E-state index contributed by atoms with van der Waals surface area (Å²) in [6.07, 6.45) is 6.99. The number of aliphatic hydroxyl groups is 1. The number of nitrogens with two attached hydrogens (primary N) is 1. The lowest BCUT2D eigenvalue weighted by molar-refractivity contribution is -0.244. The van der Waals surface area contributed by atoms with Crippen molar-refractivity contribution < 1.29 is 19.4 Å². The molecule has 28 heavy (non-hydrogen) atoms. The van der Waals surface area contributed by atoms with Crippen molar-refractivity contribution in [2.45, 2.75) is 90.3 Å². The largest absolute Gasteiger partial charge is 0.462 e. The minimum atomic E-state index is -0.809. The van der Waals surface area contributed by atoms with Crippen LogP contribution < -0.4 is 5.73 Å². The van der Waals surface area contributed by atoms with Crippen molar-refractivity contribution in [2.75, 3.05) is 6.54 Å². The van der Waals surface area contributed by atoms with Crippen molar-refractivity contribution in [1.29, 1.82) is 0 Å². The van der Waals surface area contributed by atoms with Crippen LogP contribution in [0.4, 0.5) is 0 Å². The molecule has 158 valence electrons. The van der Waals surface area contributed by atoms with Crippen LogP contribution in [0.1, 0.15) is 78.6 Å². The van der Waals surface area contributed by atoms with Crippen LogP contribution in [0.2, 0.25) is 0 Å². The maximum Gasteiger partial charge on any atom is 0.307 e. The van der Waals surface area contributed by atoms with E-state index in [1.807, 2.05) is 0 Å². The van der Waals surface area contributed by atoms with E-state index >= 15 is 0 Å². The van der Waals surface area contributed by atoms with Crippen molar-refractivity contribution in [3.63, 3.8) is 0 Å². The van der Waals surface area contributed by atoms with E-state index in [0.29, 0.717) is 36.5 Å². The summed E-state index contributed by atoms with van der Waals surface area (Å²) >= 11 is 0. The quantitative estimate of drug-likeness (QED) is 0.721. The van der Waals surface area contributed by atoms with Crippen molar-refractivity contribution in [2.24, 2.45) is 40.2 Å². The van der Waals surface area contributed by atoms with Crippen LogP contribution in [0, 0.1) is 34.5 Å². The summed E-state index contributed by atoms with van der Waals surface area (Å²) < 4.78 is 5.65. The van der Waals surface area contributed by atoms with Gasteiger partial charge in [-0.15, -0.1) is 0 Å². The minimum absolute atomic E-state index is 0.137. The van der Waals surface area contributed by atoms with Gasteiger partial charge in [0.2, 0.25) is 0 Å². The Balaban J connectivity index is 1.58. The van der Waals surface area contributed by atoms with Crippen molar-refractivity contribution in [3.8, 4) is 0 Å². The van der Waals surface area contributed by atoms with E-state index in [2.05, 4.69) is 20.8 Å². The standard InChI is InChI=1S/C23H37NO4/c1-14-12-16-17-4-5-19(25)21(17,2)9-7-18(16)22(3)10-6-15(13-23(14,22)27)28-20(26)8-11-24/h14-18,27H,4-13,24H2,1-3H3/t14-,15?,16-,17-,18-,21-,22+,23-/m0/s1. The van der Waals surface area contributed by atoms with Gasteiger partial charge in [-0.1, -0.05) is 20.8 Å². The summed E-state index contributed by atoms with van der Waals surface area (Å²) in [6.45, 7) is 6.94. The molecule has 0 aromatic heterocycles. The second kappa shape index (κ2) is 6.80. The summed E-state index contributed by atoms with van der Waals surface area (Å²) in [5.74, 6) is 1.82. The molecular formula is C23H37NO4. The first-order valence-corrected chi connectivity index (χ1v) is 11.3. The molecule has 0 aliphatic heterocycles. The lowest BCUT2D eigenvalue weighted by atomic mass is 9.41. The Morgan fingerprint density at radius 3 is 2.68 bits per heavy atom. The number of carbonyl (C=O) groups excluding carboxylic acids is 2. The van der Waals surface area contributed by atoms with Crippen molar-refractivity contribution >= 4 is 11.8 Å². The summed E-state index contributed by atoms with van der Waals surface area (Å²) in [5.41, 5.74) is 4.36. The molecule has 0 saturated heterocycles. The van der Waals surface area contributed by atoms with E-state index in [4.69, 9.17) is 10.5 Å². The molecule has 0 heterocycles. The van der Waals surface area contributed by atoms with Crippen LogP contribution in [0.3, 0.4) is 0 Å². The molecule has 4 saturated carbocycles. The summed E-state index contributed by atoms with van der Waals surface area (Å²) in [6, 6.07) is 0. The maximum absolute atomic E-state index is 12.6. The van der Waals surface area contributed by atoms with E-state index in [1.54, 1.807) is 0 Å². The minimum Gasteiger partial charge on any atom is -0.462 e. The van der Waals surface area contributed by atoms with Gasteiger partial charge in [0.1, 0.15) is 11.9 Å². The van der Waals surface area contributed by atoms with Crippen molar-refractivity contribution in [3.05, 3.63) is 0 Å². The summed E-state index contributed by atoms with van der Waals surface area (Å²) in [5, 5.41) is 11.9. The SMILES string of the molecule is C[C@H]1C[C@H]2[C@@H]3CCC(=O)[C@@]3(C)CC[C@@H]2[C@@]2(C)CCC(OC(=O)CCN)C[C@]12O. The van der Waals surface area contributed by atoms with Gasteiger partial charge in [-0.25, -0.2) is 0 Å². The van der Waals surface area contributed by atoms with Gasteiger partial charge in [0.05, 0.1) is 12.0 Å². The third-order valence-electron chi connectivity index (χ3n) is 9.57. The van der Waals surface area contributed by atoms with Crippen LogP contribution in [0.25, 0.3) is 0 Å². The second-order valence-electron chi connectivity index (χ2n) is 10.7. The van der Waals surface area contributed by atoms with Gasteiger partial charge in [0, 0.05) is 24.8 Å². The number of rotatable bonds is 3. The Hall–Kier alpha value is -0.940. The normalized spacial score (nSPS) is 50.5. The fourth-order valence-corrected chi connectivity index (χ4v) is 7.87. The molecule has 5 nitrogen and oxygen atoms in total. The number of hydrogen-bond donors (Lipinski definition) is 2. The number of hydrogen-bond acceptors (Lipinski definition) is 5. The lowest BCUT2D eigenvalue weighted by Crippen LogP contribution is -2.66. The van der Waals surface area contributed by atoms with Gasteiger partial charge in [0.15, 0.2) is 0 Å². The second-order valence-corrected chi connectivity index (χ2v) is 10.7. The van der Waals surface area contributed by atoms with Crippen LogP contribution in [-0.4, -0.2) is 35.1 Å². The molecule has 8 atom stereocenters. The predicted octanol–water partition coefficient (Wildman–Crippen LogP) is 3.22. The molecule has 4 aliphatic carbocycles. The number of carbonyl (C=O) groups is 2. The van der Waals surface area contributed by atoms with E-state index in [9.17, 15) is 14.7 Å². The first-order valence-electron chi connectivity index (χ1n) is 11.3. The van der Waals surface area contributed by atoms with Crippen LogP contribution in [0.5, 0.6) is 0 Å². The van der Waals surface area contributed by atoms with Crippen LogP contribution >= 0.6 is 0 Å². The summed E-state index contributed by atoms with van der Waals surface area (Å²) in [4.78, 5) is 24.5. The van der Waals surface area contributed by atoms with Gasteiger partial charge in [0.25, 0.3) is 0 Å². The highest BCUT2D eigenvalue weighted by Gasteiger charge is 2.66. The maximum atomic E-state index is 12.6. The first kappa shape index (κ1) is 20.3. The third-order valence-corrected chi connectivity index (χ3v) is 9.57. The molecule has 0 radical (unpaired) electrons. The smallest absolute Gasteiger partial charge is 0.307 e. The molecule has 4 fully saturated rings. The third kappa shape index (κ3) is 2.72. The highest BCUT2D eigenvalue weighted by atomic mass is 16.5. The van der Waals surface area contributed by atoms with Crippen LogP contribution in [0.15, 0.2) is 0 Å². The number of Topliss-reactive ketones (excluding diaryl/α,β-unsaturated/α-hetero) is 1. The lowest BCUT2D eigenvalue weighted by Gasteiger charge is -2.65. The zero-order chi connectivity index (χ0) is 20.3. The van der Waals surface area contributed by atoms with E-state index in [0.717, 1.165) is 44.9 Å². The first-order chi connectivity index (χ1) is 13.2. The zero-order valence-corrected chi connectivity index (χ0v) is 17.7. The zero-order valence-electron chi connectivity index (χ0n) is 17.7. The number of ketones is 1. The predicted molar refractivity (Wildman–Crippen MR) is 106 cm³/mol. The van der Waals surface area contributed by atoms with Crippen LogP contribution in [-0.2, 0) is 14.3 Å². The molecule has 0 bridgehead atoms. The Labute approximate surface area is 168 Å². The van der Waals surface area contributed by atoms with Gasteiger partial charge in [-0.2, -0.15) is 0 Å². The molecule has 0 aromatic rings.